The van der Waals surface area contributed by atoms with Crippen LogP contribution in [-0.4, -0.2) is 26.2 Å². The van der Waals surface area contributed by atoms with Gasteiger partial charge in [-0.15, -0.1) is 0 Å². The van der Waals surface area contributed by atoms with Crippen LogP contribution in [0.25, 0.3) is 0 Å². The zero-order chi connectivity index (χ0) is 32.2. The van der Waals surface area contributed by atoms with Crippen LogP contribution >= 0.6 is 31.9 Å². The maximum Gasteiger partial charge on any atom is 0.305 e. The summed E-state index contributed by atoms with van der Waals surface area (Å²) in [7, 11) is 2.76. The molecule has 0 aliphatic heterocycles. The van der Waals surface area contributed by atoms with Crippen molar-refractivity contribution in [2.75, 3.05) is 14.2 Å². The van der Waals surface area contributed by atoms with Gasteiger partial charge in [-0.3, -0.25) is 9.59 Å². The molecule has 4 aromatic carbocycles. The molecule has 4 aromatic rings. The van der Waals surface area contributed by atoms with Crippen LogP contribution in [0.3, 0.4) is 0 Å². The predicted octanol–water partition coefficient (Wildman–Crippen LogP) is 9.59. The van der Waals surface area contributed by atoms with Gasteiger partial charge in [-0.05, 0) is 126 Å². The van der Waals surface area contributed by atoms with Crippen LogP contribution in [0.1, 0.15) is 35.1 Å². The van der Waals surface area contributed by atoms with Crippen molar-refractivity contribution >= 4 is 43.8 Å². The Labute approximate surface area is 272 Å². The number of halogens is 4. The maximum atomic E-state index is 13.7. The van der Waals surface area contributed by atoms with E-state index < -0.39 is 5.82 Å². The molecule has 4 rings (SSSR count). The first kappa shape index (κ1) is 34.7. The number of esters is 2. The largest absolute Gasteiger partial charge is 0.469 e. The van der Waals surface area contributed by atoms with E-state index in [1.54, 1.807) is 30.3 Å². The highest BCUT2D eigenvalue weighted by molar-refractivity contribution is 9.10. The van der Waals surface area contributed by atoms with Crippen molar-refractivity contribution in [3.8, 4) is 23.0 Å². The topological polar surface area (TPSA) is 71.1 Å². The summed E-state index contributed by atoms with van der Waals surface area (Å²) in [4.78, 5) is 22.4. The SMILES string of the molecule is COC(=O)CCc1ccc(Oc2cc(Br)ccc2F)cc1C.COC(=O)CCc1ccc(Oc2ccc(F)c(Br)c2)cc1C. The molecular weight excluding hydrogens is 702 g/mol. The molecule has 0 aliphatic rings. The van der Waals surface area contributed by atoms with E-state index in [-0.39, 0.29) is 23.5 Å². The lowest BCUT2D eigenvalue weighted by Gasteiger charge is -2.10. The summed E-state index contributed by atoms with van der Waals surface area (Å²) in [5.74, 6) is 0.712. The molecule has 0 radical (unpaired) electrons. The Morgan fingerprint density at radius 2 is 1.11 bits per heavy atom. The van der Waals surface area contributed by atoms with Gasteiger partial charge in [0.1, 0.15) is 23.1 Å². The second kappa shape index (κ2) is 16.9. The fourth-order valence-electron chi connectivity index (χ4n) is 4.06. The minimum Gasteiger partial charge on any atom is -0.469 e. The first-order valence-electron chi connectivity index (χ1n) is 13.6. The number of carbonyl (C=O) groups is 2. The molecule has 0 unspecified atom stereocenters. The molecule has 0 saturated carbocycles. The van der Waals surface area contributed by atoms with Crippen LogP contribution in [0.2, 0.25) is 0 Å². The molecule has 44 heavy (non-hydrogen) atoms. The molecular formula is C34H32Br2F2O6. The molecule has 0 aromatic heterocycles. The fourth-order valence-corrected chi connectivity index (χ4v) is 4.76. The van der Waals surface area contributed by atoms with Crippen molar-refractivity contribution in [1.29, 1.82) is 0 Å². The molecule has 6 nitrogen and oxygen atoms in total. The summed E-state index contributed by atoms with van der Waals surface area (Å²) < 4.78 is 48.5. The Hall–Kier alpha value is -3.76. The predicted molar refractivity (Wildman–Crippen MR) is 171 cm³/mol. The molecule has 10 heteroatoms. The molecule has 0 saturated heterocycles. The summed E-state index contributed by atoms with van der Waals surface area (Å²) in [5, 5.41) is 0. The summed E-state index contributed by atoms with van der Waals surface area (Å²) in [5.41, 5.74) is 4.12. The summed E-state index contributed by atoms with van der Waals surface area (Å²) in [6.45, 7) is 3.89. The van der Waals surface area contributed by atoms with Crippen molar-refractivity contribution < 1.29 is 37.3 Å². The van der Waals surface area contributed by atoms with Crippen molar-refractivity contribution in [2.24, 2.45) is 0 Å². The number of carbonyl (C=O) groups excluding carboxylic acids is 2. The highest BCUT2D eigenvalue weighted by Gasteiger charge is 2.10. The Morgan fingerprint density at radius 1 is 0.636 bits per heavy atom. The molecule has 0 heterocycles. The minimum absolute atomic E-state index is 0.163. The molecule has 0 atom stereocenters. The second-order valence-corrected chi connectivity index (χ2v) is 11.5. The number of benzene rings is 4. The van der Waals surface area contributed by atoms with Crippen LogP contribution in [-0.2, 0) is 31.9 Å². The Kier molecular flexibility index (Phi) is 13.4. The first-order valence-corrected chi connectivity index (χ1v) is 15.2. The summed E-state index contributed by atoms with van der Waals surface area (Å²) in [6, 6.07) is 20.1. The summed E-state index contributed by atoms with van der Waals surface area (Å²) in [6.07, 6.45) is 1.91. The van der Waals surface area contributed by atoms with Gasteiger partial charge >= 0.3 is 11.9 Å². The third-order valence-electron chi connectivity index (χ3n) is 6.53. The lowest BCUT2D eigenvalue weighted by molar-refractivity contribution is -0.141. The third-order valence-corrected chi connectivity index (χ3v) is 7.63. The van der Waals surface area contributed by atoms with E-state index in [1.807, 2.05) is 44.2 Å². The molecule has 232 valence electrons. The quantitative estimate of drug-likeness (QED) is 0.151. The van der Waals surface area contributed by atoms with Gasteiger partial charge < -0.3 is 18.9 Å². The molecule has 0 fully saturated rings. The van der Waals surface area contributed by atoms with E-state index in [2.05, 4.69) is 41.3 Å². The van der Waals surface area contributed by atoms with Gasteiger partial charge in [0.25, 0.3) is 0 Å². The van der Waals surface area contributed by atoms with E-state index in [1.165, 1.54) is 26.4 Å². The highest BCUT2D eigenvalue weighted by Crippen LogP contribution is 2.30. The maximum absolute atomic E-state index is 13.7. The lowest BCUT2D eigenvalue weighted by Crippen LogP contribution is -2.02. The number of hydrogen-bond donors (Lipinski definition) is 0. The third kappa shape index (κ3) is 10.7. The van der Waals surface area contributed by atoms with Gasteiger partial charge in [0, 0.05) is 17.3 Å². The van der Waals surface area contributed by atoms with E-state index in [9.17, 15) is 18.4 Å². The van der Waals surface area contributed by atoms with E-state index in [0.717, 1.165) is 26.7 Å². The Balaban J connectivity index is 0.000000240. The number of rotatable bonds is 10. The zero-order valence-corrected chi connectivity index (χ0v) is 27.9. The molecule has 0 bridgehead atoms. The zero-order valence-electron chi connectivity index (χ0n) is 24.7. The smallest absolute Gasteiger partial charge is 0.305 e. The number of methoxy groups -OCH3 is 2. The number of ether oxygens (including phenoxy) is 4. The van der Waals surface area contributed by atoms with Crippen molar-refractivity contribution in [2.45, 2.75) is 39.5 Å². The van der Waals surface area contributed by atoms with Gasteiger partial charge in [0.2, 0.25) is 0 Å². The van der Waals surface area contributed by atoms with E-state index in [4.69, 9.17) is 9.47 Å². The average molecular weight is 734 g/mol. The minimum atomic E-state index is -0.421. The Bertz CT molecular complexity index is 1610. The normalized spacial score (nSPS) is 10.4. The number of hydrogen-bond acceptors (Lipinski definition) is 6. The van der Waals surface area contributed by atoms with Crippen LogP contribution in [0, 0.1) is 25.5 Å². The van der Waals surface area contributed by atoms with Crippen molar-refractivity contribution in [3.63, 3.8) is 0 Å². The van der Waals surface area contributed by atoms with E-state index >= 15 is 0 Å². The molecule has 0 spiro atoms. The Morgan fingerprint density at radius 3 is 1.61 bits per heavy atom. The van der Waals surface area contributed by atoms with Gasteiger partial charge in [-0.25, -0.2) is 8.78 Å². The molecule has 0 aliphatic carbocycles. The fraction of sp³-hybridized carbons (Fsp3) is 0.235. The van der Waals surface area contributed by atoms with Gasteiger partial charge in [0.15, 0.2) is 11.6 Å². The van der Waals surface area contributed by atoms with Gasteiger partial charge in [-0.1, -0.05) is 28.1 Å². The van der Waals surface area contributed by atoms with Crippen molar-refractivity contribution in [3.05, 3.63) is 116 Å². The van der Waals surface area contributed by atoms with Crippen LogP contribution in [0.5, 0.6) is 23.0 Å². The average Bonchev–Trinajstić information content (AvgIpc) is 3.00. The highest BCUT2D eigenvalue weighted by atomic mass is 79.9. The first-order chi connectivity index (χ1) is 21.0. The van der Waals surface area contributed by atoms with Crippen molar-refractivity contribution in [1.82, 2.24) is 0 Å². The second-order valence-electron chi connectivity index (χ2n) is 9.68. The monoisotopic (exact) mass is 732 g/mol. The van der Waals surface area contributed by atoms with E-state index in [0.29, 0.717) is 47.4 Å². The van der Waals surface area contributed by atoms with Crippen LogP contribution in [0.4, 0.5) is 8.78 Å². The van der Waals surface area contributed by atoms with Crippen LogP contribution < -0.4 is 9.47 Å². The van der Waals surface area contributed by atoms with Gasteiger partial charge in [-0.2, -0.15) is 0 Å². The lowest BCUT2D eigenvalue weighted by atomic mass is 10.0. The molecule has 0 amide bonds. The standard InChI is InChI=1S/2C17H16BrFO3/c1-11-9-14(6-3-12(11)4-8-17(20)21-2)22-16-10-13(18)5-7-15(16)19;1-11-9-13(5-3-12(11)4-8-17(20)21-2)22-14-6-7-16(19)15(18)10-14/h2*3,5-7,9-10H,4,8H2,1-2H3. The van der Waals surface area contributed by atoms with Crippen LogP contribution in [0.15, 0.2) is 81.7 Å². The summed E-state index contributed by atoms with van der Waals surface area (Å²) >= 11 is 6.41. The molecule has 0 N–H and O–H groups in total. The van der Waals surface area contributed by atoms with Gasteiger partial charge in [0.05, 0.1) is 18.7 Å². The number of aryl methyl sites for hydroxylation is 4.